The smallest absolute Gasteiger partial charge is 0.233 e. The second kappa shape index (κ2) is 4.94. The number of carbonyl (C=O) groups is 1. The van der Waals surface area contributed by atoms with Crippen LogP contribution < -0.4 is 10.6 Å². The van der Waals surface area contributed by atoms with E-state index in [0.717, 1.165) is 26.0 Å². The van der Waals surface area contributed by atoms with Crippen molar-refractivity contribution in [3.63, 3.8) is 0 Å². The lowest BCUT2D eigenvalue weighted by Gasteiger charge is -2.54. The Kier molecular flexibility index (Phi) is 3.73. The van der Waals surface area contributed by atoms with Crippen molar-refractivity contribution >= 4 is 5.91 Å². The molecule has 0 aromatic carbocycles. The summed E-state index contributed by atoms with van der Waals surface area (Å²) in [5.41, 5.74) is 0.159. The molecule has 0 bridgehead atoms. The van der Waals surface area contributed by atoms with Crippen molar-refractivity contribution in [2.75, 3.05) is 19.7 Å². The van der Waals surface area contributed by atoms with Crippen LogP contribution in [0.3, 0.4) is 0 Å². The largest absolute Gasteiger partial charge is 0.377 e. The first-order chi connectivity index (χ1) is 8.07. The van der Waals surface area contributed by atoms with Gasteiger partial charge in [-0.25, -0.2) is 0 Å². The highest BCUT2D eigenvalue weighted by molar-refractivity contribution is 5.78. The third kappa shape index (κ3) is 2.33. The van der Waals surface area contributed by atoms with Crippen LogP contribution in [0.5, 0.6) is 0 Å². The fraction of sp³-hybridized carbons (Fsp3) is 0.923. The second-order valence-corrected chi connectivity index (χ2v) is 5.77. The van der Waals surface area contributed by atoms with Crippen LogP contribution in [0.15, 0.2) is 0 Å². The average molecular weight is 240 g/mol. The number of carbonyl (C=O) groups excluding carboxylic acids is 1. The molecule has 0 aromatic rings. The lowest BCUT2D eigenvalue weighted by molar-refractivity contribution is -0.126. The maximum atomic E-state index is 11.5. The van der Waals surface area contributed by atoms with E-state index >= 15 is 0 Å². The van der Waals surface area contributed by atoms with Crippen molar-refractivity contribution < 1.29 is 9.53 Å². The normalized spacial score (nSPS) is 33.9. The summed E-state index contributed by atoms with van der Waals surface area (Å²) in [7, 11) is 0. The first-order valence-corrected chi connectivity index (χ1v) is 6.69. The molecule has 2 aliphatic rings. The molecule has 98 valence electrons. The third-order valence-electron chi connectivity index (χ3n) is 4.16. The van der Waals surface area contributed by atoms with Gasteiger partial charge in [-0.2, -0.15) is 0 Å². The first kappa shape index (κ1) is 12.8. The fourth-order valence-electron chi connectivity index (χ4n) is 3.27. The molecule has 1 aliphatic carbocycles. The highest BCUT2D eigenvalue weighted by Gasteiger charge is 2.58. The van der Waals surface area contributed by atoms with E-state index in [2.05, 4.69) is 31.4 Å². The van der Waals surface area contributed by atoms with Crippen LogP contribution in [0, 0.1) is 11.3 Å². The summed E-state index contributed by atoms with van der Waals surface area (Å²) in [6, 6.07) is 0.419. The van der Waals surface area contributed by atoms with Gasteiger partial charge in [-0.05, 0) is 12.8 Å². The zero-order valence-corrected chi connectivity index (χ0v) is 11.1. The molecular formula is C13H24N2O2. The molecule has 2 N–H and O–H groups in total. The Bertz CT molecular complexity index is 291. The van der Waals surface area contributed by atoms with Crippen LogP contribution in [0.1, 0.15) is 33.6 Å². The van der Waals surface area contributed by atoms with Gasteiger partial charge < -0.3 is 15.4 Å². The summed E-state index contributed by atoms with van der Waals surface area (Å²) >= 11 is 0. The number of hydrogen-bond acceptors (Lipinski definition) is 3. The van der Waals surface area contributed by atoms with Crippen molar-refractivity contribution in [2.45, 2.75) is 45.8 Å². The molecule has 2 rings (SSSR count). The Morgan fingerprint density at radius 2 is 2.24 bits per heavy atom. The number of amides is 1. The van der Waals surface area contributed by atoms with Gasteiger partial charge in [0.25, 0.3) is 0 Å². The van der Waals surface area contributed by atoms with Crippen molar-refractivity contribution in [1.82, 2.24) is 10.6 Å². The van der Waals surface area contributed by atoms with E-state index in [0.29, 0.717) is 24.6 Å². The number of rotatable bonds is 5. The van der Waals surface area contributed by atoms with E-state index < -0.39 is 0 Å². The molecule has 1 heterocycles. The average Bonchev–Trinajstić information content (AvgIpc) is 2.72. The lowest BCUT2D eigenvalue weighted by atomic mass is 9.57. The van der Waals surface area contributed by atoms with E-state index in [1.54, 1.807) is 0 Å². The third-order valence-corrected chi connectivity index (χ3v) is 4.16. The molecule has 1 aliphatic heterocycles. The van der Waals surface area contributed by atoms with E-state index in [9.17, 15) is 4.79 Å². The van der Waals surface area contributed by atoms with Gasteiger partial charge in [0.05, 0.1) is 12.6 Å². The zero-order chi connectivity index (χ0) is 12.5. The van der Waals surface area contributed by atoms with E-state index in [4.69, 9.17) is 4.74 Å². The molecule has 17 heavy (non-hydrogen) atoms. The molecule has 4 nitrogen and oxygen atoms in total. The maximum absolute atomic E-state index is 11.5. The van der Waals surface area contributed by atoms with Gasteiger partial charge in [0, 0.05) is 30.5 Å². The molecular weight excluding hydrogens is 216 g/mol. The second-order valence-electron chi connectivity index (χ2n) is 5.77. The van der Waals surface area contributed by atoms with Crippen LogP contribution >= 0.6 is 0 Å². The molecule has 3 unspecified atom stereocenters. The van der Waals surface area contributed by atoms with Crippen LogP contribution in [0.2, 0.25) is 0 Å². The minimum absolute atomic E-state index is 0.102. The summed E-state index contributed by atoms with van der Waals surface area (Å²) in [5, 5.41) is 6.29. The Hall–Kier alpha value is -0.610. The SMILES string of the molecule is CCCNC(=O)CNC1C2CCOC2C1(C)C. The molecule has 2 fully saturated rings. The number of fused-ring (bicyclic) bond motifs is 1. The van der Waals surface area contributed by atoms with Crippen molar-refractivity contribution in [2.24, 2.45) is 11.3 Å². The van der Waals surface area contributed by atoms with Crippen molar-refractivity contribution in [3.05, 3.63) is 0 Å². The van der Waals surface area contributed by atoms with Gasteiger partial charge in [-0.3, -0.25) is 4.79 Å². The Morgan fingerprint density at radius 3 is 2.94 bits per heavy atom. The lowest BCUT2D eigenvalue weighted by Crippen LogP contribution is -2.66. The minimum atomic E-state index is 0.102. The van der Waals surface area contributed by atoms with Crippen LogP contribution in [-0.4, -0.2) is 37.7 Å². The summed E-state index contributed by atoms with van der Waals surface area (Å²) in [4.78, 5) is 11.5. The molecule has 0 radical (unpaired) electrons. The molecule has 3 atom stereocenters. The number of ether oxygens (including phenoxy) is 1. The highest BCUT2D eigenvalue weighted by atomic mass is 16.5. The summed E-state index contributed by atoms with van der Waals surface area (Å²) in [6.45, 7) is 8.57. The summed E-state index contributed by atoms with van der Waals surface area (Å²) in [6.07, 6.45) is 2.50. The van der Waals surface area contributed by atoms with Crippen LogP contribution in [-0.2, 0) is 9.53 Å². The van der Waals surface area contributed by atoms with Crippen molar-refractivity contribution in [3.8, 4) is 0 Å². The van der Waals surface area contributed by atoms with Gasteiger partial charge >= 0.3 is 0 Å². The molecule has 1 amide bonds. The molecule has 0 spiro atoms. The van der Waals surface area contributed by atoms with Gasteiger partial charge in [0.15, 0.2) is 0 Å². The van der Waals surface area contributed by atoms with E-state index in [1.807, 2.05) is 0 Å². The van der Waals surface area contributed by atoms with E-state index in [-0.39, 0.29) is 11.3 Å². The molecule has 1 saturated heterocycles. The van der Waals surface area contributed by atoms with Crippen LogP contribution in [0.25, 0.3) is 0 Å². The van der Waals surface area contributed by atoms with Gasteiger partial charge in [-0.15, -0.1) is 0 Å². The van der Waals surface area contributed by atoms with Gasteiger partial charge in [0.2, 0.25) is 5.91 Å². The number of nitrogens with one attached hydrogen (secondary N) is 2. The Balaban J connectivity index is 1.78. The van der Waals surface area contributed by atoms with E-state index in [1.165, 1.54) is 0 Å². The Labute approximate surface area is 103 Å². The monoisotopic (exact) mass is 240 g/mol. The topological polar surface area (TPSA) is 50.4 Å². The summed E-state index contributed by atoms with van der Waals surface area (Å²) < 4.78 is 5.73. The van der Waals surface area contributed by atoms with Gasteiger partial charge in [0.1, 0.15) is 0 Å². The highest BCUT2D eigenvalue weighted by Crippen LogP contribution is 2.51. The Morgan fingerprint density at radius 1 is 1.47 bits per heavy atom. The minimum Gasteiger partial charge on any atom is -0.377 e. The zero-order valence-electron chi connectivity index (χ0n) is 11.1. The predicted molar refractivity (Wildman–Crippen MR) is 66.7 cm³/mol. The summed E-state index contributed by atoms with van der Waals surface area (Å²) in [5.74, 6) is 0.703. The quantitative estimate of drug-likeness (QED) is 0.751. The fourth-order valence-corrected chi connectivity index (χ4v) is 3.27. The van der Waals surface area contributed by atoms with Crippen molar-refractivity contribution in [1.29, 1.82) is 0 Å². The van der Waals surface area contributed by atoms with Crippen LogP contribution in [0.4, 0.5) is 0 Å². The molecule has 1 saturated carbocycles. The number of hydrogen-bond donors (Lipinski definition) is 2. The maximum Gasteiger partial charge on any atom is 0.233 e. The molecule has 4 heteroatoms. The predicted octanol–water partition coefficient (Wildman–Crippen LogP) is 0.916. The van der Waals surface area contributed by atoms with Gasteiger partial charge in [-0.1, -0.05) is 20.8 Å². The molecule has 0 aromatic heterocycles. The first-order valence-electron chi connectivity index (χ1n) is 6.69. The standard InChI is InChI=1S/C13H24N2O2/c1-4-6-14-10(16)8-15-11-9-5-7-17-12(9)13(11,2)3/h9,11-12,15H,4-8H2,1-3H3,(H,14,16).